The largest absolute Gasteiger partial charge is 0.504 e. The molecule has 1 aliphatic carbocycles. The van der Waals surface area contributed by atoms with Crippen LogP contribution in [0.4, 0.5) is 0 Å². The number of methoxy groups -OCH3 is 1. The highest BCUT2D eigenvalue weighted by molar-refractivity contribution is 6.02. The maximum atomic E-state index is 13.1. The molecule has 1 heterocycles. The third kappa shape index (κ3) is 3.28. The normalized spacial score (nSPS) is 21.9. The van der Waals surface area contributed by atoms with E-state index in [1.807, 2.05) is 6.92 Å². The lowest BCUT2D eigenvalue weighted by Gasteiger charge is -2.34. The van der Waals surface area contributed by atoms with Crippen molar-refractivity contribution in [1.29, 1.82) is 0 Å². The molecule has 2 aromatic rings. The Morgan fingerprint density at radius 3 is 2.43 bits per heavy atom. The summed E-state index contributed by atoms with van der Waals surface area (Å²) in [7, 11) is 1.48. The van der Waals surface area contributed by atoms with Gasteiger partial charge in [-0.25, -0.2) is 0 Å². The lowest BCUT2D eigenvalue weighted by atomic mass is 9.73. The summed E-state index contributed by atoms with van der Waals surface area (Å²) >= 11 is 0. The molecular weight excluding hydrogens is 354 g/mol. The van der Waals surface area contributed by atoms with E-state index in [1.54, 1.807) is 18.2 Å². The number of hydrogen-bond acceptors (Lipinski definition) is 4. The minimum atomic E-state index is -0.315. The number of aromatic hydroxyl groups is 1. The molecule has 2 atom stereocenters. The molecule has 0 saturated heterocycles. The molecule has 2 aromatic carbocycles. The molecule has 1 aliphatic heterocycles. The van der Waals surface area contributed by atoms with Gasteiger partial charge in [-0.1, -0.05) is 35.9 Å². The van der Waals surface area contributed by atoms with Crippen molar-refractivity contribution in [2.24, 2.45) is 0 Å². The highest BCUT2D eigenvalue weighted by atomic mass is 16.5. The number of allylic oxidation sites excluding steroid dienone is 2. The minimum Gasteiger partial charge on any atom is -0.504 e. The minimum absolute atomic E-state index is 0.0371. The number of benzene rings is 2. The van der Waals surface area contributed by atoms with Crippen molar-refractivity contribution in [3.63, 3.8) is 0 Å². The lowest BCUT2D eigenvalue weighted by molar-refractivity contribution is -0.122. The molecule has 0 aromatic heterocycles. The second-order valence-electron chi connectivity index (χ2n) is 7.57. The summed E-state index contributed by atoms with van der Waals surface area (Å²) in [4.78, 5) is 25.5. The van der Waals surface area contributed by atoms with Crippen LogP contribution in [0.1, 0.15) is 47.8 Å². The average molecular weight is 377 g/mol. The van der Waals surface area contributed by atoms with Crippen molar-refractivity contribution in [1.82, 2.24) is 5.32 Å². The average Bonchev–Trinajstić information content (AvgIpc) is 2.68. The zero-order chi connectivity index (χ0) is 19.8. The van der Waals surface area contributed by atoms with Gasteiger partial charge in [0.15, 0.2) is 17.3 Å². The molecular formula is C23H23NO4. The summed E-state index contributed by atoms with van der Waals surface area (Å²) in [6.45, 7) is 2.04. The molecule has 0 saturated carbocycles. The van der Waals surface area contributed by atoms with Crippen molar-refractivity contribution in [3.8, 4) is 11.5 Å². The highest BCUT2D eigenvalue weighted by Crippen LogP contribution is 2.43. The Morgan fingerprint density at radius 2 is 1.71 bits per heavy atom. The van der Waals surface area contributed by atoms with Crippen LogP contribution < -0.4 is 10.1 Å². The van der Waals surface area contributed by atoms with Crippen molar-refractivity contribution >= 4 is 11.7 Å². The van der Waals surface area contributed by atoms with Gasteiger partial charge in [-0.3, -0.25) is 9.59 Å². The Morgan fingerprint density at radius 1 is 1.00 bits per heavy atom. The van der Waals surface area contributed by atoms with Crippen LogP contribution in [-0.4, -0.2) is 23.9 Å². The van der Waals surface area contributed by atoms with Gasteiger partial charge in [0, 0.05) is 30.0 Å². The highest BCUT2D eigenvalue weighted by Gasteiger charge is 2.38. The standard InChI is InChI=1S/C23H23NO4/c1-13-3-5-14(6-4-13)16-9-18-23(20(26)10-16)17(12-22(27)24-18)15-7-8-19(25)21(11-15)28-2/h3-8,11,16-17,25H,9-10,12H2,1-2H3,(H,24,27)/t16-,17-/m1/s1. The van der Waals surface area contributed by atoms with Gasteiger partial charge < -0.3 is 15.2 Å². The Hall–Kier alpha value is -3.08. The van der Waals surface area contributed by atoms with E-state index in [4.69, 9.17) is 4.74 Å². The summed E-state index contributed by atoms with van der Waals surface area (Å²) in [5.74, 6) is 0.114. The van der Waals surface area contributed by atoms with Crippen LogP contribution in [0, 0.1) is 6.92 Å². The van der Waals surface area contributed by atoms with E-state index in [9.17, 15) is 14.7 Å². The number of ketones is 1. The molecule has 5 heteroatoms. The summed E-state index contributed by atoms with van der Waals surface area (Å²) in [6, 6.07) is 13.2. The van der Waals surface area contributed by atoms with Gasteiger partial charge in [0.05, 0.1) is 7.11 Å². The Labute approximate surface area is 164 Å². The fourth-order valence-corrected chi connectivity index (χ4v) is 4.23. The SMILES string of the molecule is COc1cc([C@H]2CC(=O)NC3=C2C(=O)C[C@H](c2ccc(C)cc2)C3)ccc1O. The van der Waals surface area contributed by atoms with Gasteiger partial charge in [-0.2, -0.15) is 0 Å². The summed E-state index contributed by atoms with van der Waals surface area (Å²) in [5, 5.41) is 12.8. The van der Waals surface area contributed by atoms with Gasteiger partial charge in [0.1, 0.15) is 0 Å². The van der Waals surface area contributed by atoms with Crippen LogP contribution in [-0.2, 0) is 9.59 Å². The Bertz CT molecular complexity index is 975. The molecule has 0 bridgehead atoms. The van der Waals surface area contributed by atoms with Gasteiger partial charge in [0.25, 0.3) is 0 Å². The smallest absolute Gasteiger partial charge is 0.225 e. The molecule has 2 aliphatic rings. The molecule has 144 valence electrons. The molecule has 4 rings (SSSR count). The molecule has 0 radical (unpaired) electrons. The second kappa shape index (κ2) is 7.15. The fourth-order valence-electron chi connectivity index (χ4n) is 4.23. The first-order valence-corrected chi connectivity index (χ1v) is 9.46. The van der Waals surface area contributed by atoms with E-state index in [1.165, 1.54) is 12.7 Å². The van der Waals surface area contributed by atoms with Gasteiger partial charge >= 0.3 is 0 Å². The van der Waals surface area contributed by atoms with Crippen molar-refractivity contribution in [2.75, 3.05) is 7.11 Å². The third-order valence-electron chi connectivity index (χ3n) is 5.69. The zero-order valence-corrected chi connectivity index (χ0v) is 16.0. The number of amides is 1. The van der Waals surface area contributed by atoms with E-state index in [-0.39, 0.29) is 35.7 Å². The van der Waals surface area contributed by atoms with Crippen LogP contribution in [0.2, 0.25) is 0 Å². The molecule has 2 N–H and O–H groups in total. The topological polar surface area (TPSA) is 75.6 Å². The predicted octanol–water partition coefficient (Wildman–Crippen LogP) is 3.71. The number of aryl methyl sites for hydroxylation is 1. The van der Waals surface area contributed by atoms with Crippen LogP contribution in [0.5, 0.6) is 11.5 Å². The summed E-state index contributed by atoms with van der Waals surface area (Å²) in [5.41, 5.74) is 4.52. The number of Topliss-reactive ketones (excluding diaryl/α,β-unsaturated/α-hetero) is 1. The number of phenolic OH excluding ortho intramolecular Hbond substituents is 1. The predicted molar refractivity (Wildman–Crippen MR) is 105 cm³/mol. The number of carbonyl (C=O) groups excluding carboxylic acids is 2. The van der Waals surface area contributed by atoms with Crippen LogP contribution >= 0.6 is 0 Å². The number of nitrogens with one attached hydrogen (secondary N) is 1. The first-order valence-electron chi connectivity index (χ1n) is 9.46. The van der Waals surface area contributed by atoms with Crippen molar-refractivity contribution in [2.45, 2.75) is 38.0 Å². The fraction of sp³-hybridized carbons (Fsp3) is 0.304. The number of ether oxygens (including phenoxy) is 1. The van der Waals surface area contributed by atoms with E-state index < -0.39 is 0 Å². The Kier molecular flexibility index (Phi) is 4.67. The zero-order valence-electron chi connectivity index (χ0n) is 16.0. The summed E-state index contributed by atoms with van der Waals surface area (Å²) in [6.07, 6.45) is 1.29. The maximum Gasteiger partial charge on any atom is 0.225 e. The van der Waals surface area contributed by atoms with Crippen LogP contribution in [0.3, 0.4) is 0 Å². The van der Waals surface area contributed by atoms with E-state index in [2.05, 4.69) is 29.6 Å². The summed E-state index contributed by atoms with van der Waals surface area (Å²) < 4.78 is 5.20. The Balaban J connectivity index is 1.71. The monoisotopic (exact) mass is 377 g/mol. The number of carbonyl (C=O) groups is 2. The van der Waals surface area contributed by atoms with E-state index in [0.29, 0.717) is 24.2 Å². The van der Waals surface area contributed by atoms with E-state index >= 15 is 0 Å². The van der Waals surface area contributed by atoms with Crippen LogP contribution in [0.15, 0.2) is 53.7 Å². The molecule has 0 fully saturated rings. The number of hydrogen-bond donors (Lipinski definition) is 2. The maximum absolute atomic E-state index is 13.1. The quantitative estimate of drug-likeness (QED) is 0.855. The molecule has 0 unspecified atom stereocenters. The number of phenols is 1. The van der Waals surface area contributed by atoms with Crippen molar-refractivity contribution < 1.29 is 19.4 Å². The first kappa shape index (κ1) is 18.3. The molecule has 1 amide bonds. The van der Waals surface area contributed by atoms with Gasteiger partial charge in [0.2, 0.25) is 5.91 Å². The van der Waals surface area contributed by atoms with Gasteiger partial charge in [-0.15, -0.1) is 0 Å². The molecule has 28 heavy (non-hydrogen) atoms. The molecule has 5 nitrogen and oxygen atoms in total. The van der Waals surface area contributed by atoms with Crippen LogP contribution in [0.25, 0.3) is 0 Å². The molecule has 0 spiro atoms. The van der Waals surface area contributed by atoms with Gasteiger partial charge in [-0.05, 0) is 42.5 Å². The third-order valence-corrected chi connectivity index (χ3v) is 5.69. The number of rotatable bonds is 3. The second-order valence-corrected chi connectivity index (χ2v) is 7.57. The van der Waals surface area contributed by atoms with Crippen molar-refractivity contribution in [3.05, 3.63) is 70.4 Å². The lowest BCUT2D eigenvalue weighted by Crippen LogP contribution is -2.38. The van der Waals surface area contributed by atoms with E-state index in [0.717, 1.165) is 16.8 Å². The first-order chi connectivity index (χ1) is 13.5.